The molecule has 3 rings (SSSR count). The molecule has 1 aromatic heterocycles. The lowest BCUT2D eigenvalue weighted by Crippen LogP contribution is -2.51. The first kappa shape index (κ1) is 16.5. The zero-order valence-electron chi connectivity index (χ0n) is 13.8. The monoisotopic (exact) mass is 333 g/mol. The third-order valence-corrected chi connectivity index (χ3v) is 4.35. The van der Waals surface area contributed by atoms with Gasteiger partial charge >= 0.3 is 6.03 Å². The number of unbranched alkanes of at least 4 members (excludes halogenated alkanes) is 1. The summed E-state index contributed by atoms with van der Waals surface area (Å²) in [5.41, 5.74) is 6.17. The van der Waals surface area contributed by atoms with Gasteiger partial charge in [-0.15, -0.1) is 0 Å². The Morgan fingerprint density at radius 3 is 3.08 bits per heavy atom. The number of rotatable bonds is 7. The number of hydrogen-bond acceptors (Lipinski definition) is 5. The van der Waals surface area contributed by atoms with Crippen LogP contribution in [0.3, 0.4) is 0 Å². The zero-order chi connectivity index (χ0) is 16.9. The van der Waals surface area contributed by atoms with Gasteiger partial charge in [-0.2, -0.15) is 5.06 Å². The van der Waals surface area contributed by atoms with E-state index >= 15 is 0 Å². The molecule has 2 N–H and O–H groups in total. The number of hydrogen-bond donors (Lipinski definition) is 2. The van der Waals surface area contributed by atoms with E-state index in [1.165, 1.54) is 5.06 Å². The molecule has 0 aromatic carbocycles. The predicted octanol–water partition coefficient (Wildman–Crippen LogP) is 1.52. The van der Waals surface area contributed by atoms with E-state index in [1.54, 1.807) is 29.4 Å². The Bertz CT molecular complexity index is 582. The Hall–Kier alpha value is -2.35. The number of carbonyl (C=O) groups excluding carboxylic acids is 2. The van der Waals surface area contributed by atoms with Gasteiger partial charge in [0.05, 0.1) is 24.5 Å². The molecule has 2 fully saturated rings. The summed E-state index contributed by atoms with van der Waals surface area (Å²) in [5.74, 6) is -0.221. The SMILES string of the molecule is CCCCON1C(=O)N2C[C@@H]1CC[C@H]2C(=O)NNc1cccnc1. The molecule has 8 nitrogen and oxygen atoms in total. The first-order valence-corrected chi connectivity index (χ1v) is 8.39. The van der Waals surface area contributed by atoms with Gasteiger partial charge in [0.1, 0.15) is 6.04 Å². The fourth-order valence-corrected chi connectivity index (χ4v) is 3.03. The van der Waals surface area contributed by atoms with E-state index in [0.717, 1.165) is 19.3 Å². The standard InChI is InChI=1S/C16H23N5O3/c1-2-3-9-24-21-13-6-7-14(20(11-13)16(21)23)15(22)19-18-12-5-4-8-17-10-12/h4-5,8,10,13-14,18H,2-3,6-7,9,11H2,1H3,(H,19,22)/t13-,14-/m0/s1. The maximum absolute atomic E-state index is 12.5. The Kier molecular flexibility index (Phi) is 5.14. The average molecular weight is 333 g/mol. The molecular formula is C16H23N5O3. The van der Waals surface area contributed by atoms with E-state index in [0.29, 0.717) is 25.3 Å². The third kappa shape index (κ3) is 3.43. The van der Waals surface area contributed by atoms with Gasteiger partial charge in [0.2, 0.25) is 0 Å². The molecule has 0 radical (unpaired) electrons. The lowest BCUT2D eigenvalue weighted by molar-refractivity contribution is -0.131. The number of carbonyl (C=O) groups is 2. The van der Waals surface area contributed by atoms with Crippen molar-refractivity contribution < 1.29 is 14.4 Å². The first-order valence-electron chi connectivity index (χ1n) is 8.39. The van der Waals surface area contributed by atoms with Crippen LogP contribution in [0.25, 0.3) is 0 Å². The zero-order valence-corrected chi connectivity index (χ0v) is 13.8. The van der Waals surface area contributed by atoms with Crippen LogP contribution >= 0.6 is 0 Å². The molecule has 3 amide bonds. The maximum Gasteiger partial charge on any atom is 0.345 e. The van der Waals surface area contributed by atoms with Crippen LogP contribution in [0.5, 0.6) is 0 Å². The van der Waals surface area contributed by atoms with E-state index in [1.807, 2.05) is 0 Å². The Morgan fingerprint density at radius 2 is 2.33 bits per heavy atom. The van der Waals surface area contributed by atoms with Crippen molar-refractivity contribution in [2.45, 2.75) is 44.7 Å². The van der Waals surface area contributed by atoms with Crippen LogP contribution in [-0.4, -0.2) is 52.1 Å². The molecule has 130 valence electrons. The van der Waals surface area contributed by atoms with Gasteiger partial charge in [-0.25, -0.2) is 4.79 Å². The summed E-state index contributed by atoms with van der Waals surface area (Å²) in [6.45, 7) is 3.15. The lowest BCUT2D eigenvalue weighted by Gasteiger charge is -2.29. The van der Waals surface area contributed by atoms with Crippen molar-refractivity contribution >= 4 is 17.6 Å². The number of hydroxylamine groups is 2. The molecule has 2 aliphatic rings. The van der Waals surface area contributed by atoms with Gasteiger partial charge in [0.15, 0.2) is 0 Å². The minimum atomic E-state index is -0.474. The molecule has 0 aliphatic carbocycles. The number of fused-ring (bicyclic) bond motifs is 2. The second kappa shape index (κ2) is 7.48. The van der Waals surface area contributed by atoms with Gasteiger partial charge in [-0.3, -0.25) is 25.5 Å². The molecule has 1 aromatic rings. The van der Waals surface area contributed by atoms with Crippen LogP contribution in [-0.2, 0) is 9.63 Å². The average Bonchev–Trinajstić information content (AvgIpc) is 2.85. The van der Waals surface area contributed by atoms with Crippen LogP contribution in [0.4, 0.5) is 10.5 Å². The molecule has 2 atom stereocenters. The number of urea groups is 1. The van der Waals surface area contributed by atoms with Crippen molar-refractivity contribution in [1.82, 2.24) is 20.4 Å². The Balaban J connectivity index is 1.56. The van der Waals surface area contributed by atoms with Crippen molar-refractivity contribution in [3.05, 3.63) is 24.5 Å². The van der Waals surface area contributed by atoms with E-state index in [4.69, 9.17) is 4.84 Å². The van der Waals surface area contributed by atoms with Gasteiger partial charge < -0.3 is 4.90 Å². The Labute approximate surface area is 141 Å². The van der Waals surface area contributed by atoms with Gasteiger partial charge in [0, 0.05) is 12.7 Å². The van der Waals surface area contributed by atoms with Gasteiger partial charge in [0.25, 0.3) is 5.91 Å². The molecule has 8 heteroatoms. The number of nitrogens with zero attached hydrogens (tertiary/aromatic N) is 3. The normalized spacial score (nSPS) is 22.6. The Morgan fingerprint density at radius 1 is 1.46 bits per heavy atom. The van der Waals surface area contributed by atoms with Crippen molar-refractivity contribution in [2.75, 3.05) is 18.6 Å². The van der Waals surface area contributed by atoms with Crippen molar-refractivity contribution in [3.63, 3.8) is 0 Å². The number of piperidine rings is 1. The van der Waals surface area contributed by atoms with Crippen LogP contribution in [0.2, 0.25) is 0 Å². The molecule has 2 saturated heterocycles. The summed E-state index contributed by atoms with van der Waals surface area (Å²) in [5, 5.41) is 1.46. The minimum absolute atomic E-state index is 0.0460. The fourth-order valence-electron chi connectivity index (χ4n) is 3.03. The number of pyridine rings is 1. The molecule has 0 spiro atoms. The van der Waals surface area contributed by atoms with Gasteiger partial charge in [-0.1, -0.05) is 13.3 Å². The highest BCUT2D eigenvalue weighted by molar-refractivity contribution is 5.89. The summed E-state index contributed by atoms with van der Waals surface area (Å²) >= 11 is 0. The summed E-state index contributed by atoms with van der Waals surface area (Å²) in [6.07, 6.45) is 6.59. The van der Waals surface area contributed by atoms with Crippen LogP contribution < -0.4 is 10.9 Å². The van der Waals surface area contributed by atoms with Crippen LogP contribution in [0.15, 0.2) is 24.5 Å². The topological polar surface area (TPSA) is 86.8 Å². The van der Waals surface area contributed by atoms with E-state index < -0.39 is 6.04 Å². The van der Waals surface area contributed by atoms with Crippen molar-refractivity contribution in [1.29, 1.82) is 0 Å². The summed E-state index contributed by atoms with van der Waals surface area (Å²) < 4.78 is 0. The largest absolute Gasteiger partial charge is 0.345 e. The highest BCUT2D eigenvalue weighted by Crippen LogP contribution is 2.30. The second-order valence-corrected chi connectivity index (χ2v) is 6.05. The van der Waals surface area contributed by atoms with E-state index in [-0.39, 0.29) is 18.0 Å². The highest BCUT2D eigenvalue weighted by Gasteiger charge is 2.47. The molecule has 2 aliphatic heterocycles. The van der Waals surface area contributed by atoms with E-state index in [9.17, 15) is 9.59 Å². The van der Waals surface area contributed by atoms with Crippen LogP contribution in [0.1, 0.15) is 32.6 Å². The number of aromatic nitrogens is 1. The number of hydrazine groups is 1. The number of amides is 3. The molecular weight excluding hydrogens is 310 g/mol. The lowest BCUT2D eigenvalue weighted by atomic mass is 10.0. The van der Waals surface area contributed by atoms with E-state index in [2.05, 4.69) is 22.8 Å². The summed E-state index contributed by atoms with van der Waals surface area (Å²) in [7, 11) is 0. The molecule has 0 unspecified atom stereocenters. The molecule has 0 saturated carbocycles. The summed E-state index contributed by atoms with van der Waals surface area (Å²) in [4.78, 5) is 36.1. The molecule has 2 bridgehead atoms. The second-order valence-electron chi connectivity index (χ2n) is 6.05. The minimum Gasteiger partial charge on any atom is -0.309 e. The van der Waals surface area contributed by atoms with Gasteiger partial charge in [-0.05, 0) is 31.4 Å². The molecule has 24 heavy (non-hydrogen) atoms. The third-order valence-electron chi connectivity index (χ3n) is 4.35. The number of nitrogens with one attached hydrogen (secondary N) is 2. The highest BCUT2D eigenvalue weighted by atomic mass is 16.7. The number of anilines is 1. The quantitative estimate of drug-likeness (QED) is 0.584. The van der Waals surface area contributed by atoms with Crippen molar-refractivity contribution in [3.8, 4) is 0 Å². The fraction of sp³-hybridized carbons (Fsp3) is 0.562. The predicted molar refractivity (Wildman–Crippen MR) is 87.6 cm³/mol. The van der Waals surface area contributed by atoms with Crippen LogP contribution in [0, 0.1) is 0 Å². The molecule has 3 heterocycles. The maximum atomic E-state index is 12.5. The first-order chi connectivity index (χ1) is 11.7. The smallest absolute Gasteiger partial charge is 0.309 e. The summed E-state index contributed by atoms with van der Waals surface area (Å²) in [6, 6.07) is 2.93. The van der Waals surface area contributed by atoms with Crippen molar-refractivity contribution in [2.24, 2.45) is 0 Å².